The summed E-state index contributed by atoms with van der Waals surface area (Å²) in [6.45, 7) is 11.8. The van der Waals surface area contributed by atoms with Crippen LogP contribution in [0, 0.1) is 23.2 Å². The molecule has 0 aromatic carbocycles. The van der Waals surface area contributed by atoms with Gasteiger partial charge >= 0.3 is 0 Å². The molecule has 0 radical (unpaired) electrons. The summed E-state index contributed by atoms with van der Waals surface area (Å²) >= 11 is 0. The predicted octanol–water partition coefficient (Wildman–Crippen LogP) is 2.84. The summed E-state index contributed by atoms with van der Waals surface area (Å²) in [5.41, 5.74) is 1.42. The second-order valence-corrected chi connectivity index (χ2v) is 7.84. The number of hydrogen-bond donors (Lipinski definition) is 0. The standard InChI is InChI=1S/C18H29NO3/c1-12(2)11-14-15(18(14,3)4)16(20)19-7-5-13(6-8-19)17-21-9-10-22-17/h11,13-15,17H,5-10H2,1-4H3/t14-,15+/m1/s1. The van der Waals surface area contributed by atoms with Crippen LogP contribution in [0.3, 0.4) is 0 Å². The van der Waals surface area contributed by atoms with Crippen molar-refractivity contribution in [1.82, 2.24) is 4.90 Å². The van der Waals surface area contributed by atoms with E-state index in [9.17, 15) is 4.79 Å². The number of ether oxygens (including phenoxy) is 2. The van der Waals surface area contributed by atoms with E-state index in [1.54, 1.807) is 0 Å². The summed E-state index contributed by atoms with van der Waals surface area (Å²) in [6, 6.07) is 0. The van der Waals surface area contributed by atoms with Crippen LogP contribution in [0.15, 0.2) is 11.6 Å². The second kappa shape index (κ2) is 5.97. The fraction of sp³-hybridized carbons (Fsp3) is 0.833. The molecular formula is C18H29NO3. The van der Waals surface area contributed by atoms with Crippen molar-refractivity contribution in [1.29, 1.82) is 0 Å². The summed E-state index contributed by atoms with van der Waals surface area (Å²) < 4.78 is 11.2. The predicted molar refractivity (Wildman–Crippen MR) is 85.2 cm³/mol. The van der Waals surface area contributed by atoms with Crippen LogP contribution in [0.4, 0.5) is 0 Å². The van der Waals surface area contributed by atoms with Gasteiger partial charge in [-0.3, -0.25) is 4.79 Å². The fourth-order valence-corrected chi connectivity index (χ4v) is 4.06. The monoisotopic (exact) mass is 307 g/mol. The van der Waals surface area contributed by atoms with Gasteiger partial charge in [0.1, 0.15) is 0 Å². The third-order valence-electron chi connectivity index (χ3n) is 5.57. The first-order chi connectivity index (χ1) is 10.4. The van der Waals surface area contributed by atoms with E-state index in [2.05, 4.69) is 38.7 Å². The van der Waals surface area contributed by atoms with Gasteiger partial charge < -0.3 is 14.4 Å². The number of piperidine rings is 1. The first-order valence-corrected chi connectivity index (χ1v) is 8.58. The van der Waals surface area contributed by atoms with E-state index >= 15 is 0 Å². The molecule has 0 unspecified atom stereocenters. The fourth-order valence-electron chi connectivity index (χ4n) is 4.06. The lowest BCUT2D eigenvalue weighted by molar-refractivity contribution is -0.139. The maximum absolute atomic E-state index is 12.8. The molecule has 4 heteroatoms. The van der Waals surface area contributed by atoms with Crippen molar-refractivity contribution in [2.24, 2.45) is 23.2 Å². The number of carbonyl (C=O) groups excluding carboxylic acids is 1. The quantitative estimate of drug-likeness (QED) is 0.753. The Morgan fingerprint density at radius 2 is 1.73 bits per heavy atom. The Kier molecular flexibility index (Phi) is 4.34. The van der Waals surface area contributed by atoms with Crippen molar-refractivity contribution in [2.45, 2.75) is 46.8 Å². The molecule has 0 bridgehead atoms. The molecule has 2 heterocycles. The zero-order valence-corrected chi connectivity index (χ0v) is 14.3. The molecule has 4 nitrogen and oxygen atoms in total. The number of amides is 1. The largest absolute Gasteiger partial charge is 0.350 e. The number of allylic oxidation sites excluding steroid dienone is 2. The van der Waals surface area contributed by atoms with Crippen molar-refractivity contribution >= 4 is 5.91 Å². The van der Waals surface area contributed by atoms with E-state index in [0.29, 0.717) is 31.0 Å². The van der Waals surface area contributed by atoms with Crippen LogP contribution >= 0.6 is 0 Å². The Morgan fingerprint density at radius 1 is 1.14 bits per heavy atom. The molecule has 22 heavy (non-hydrogen) atoms. The van der Waals surface area contributed by atoms with Gasteiger partial charge in [-0.05, 0) is 38.0 Å². The molecule has 1 aliphatic carbocycles. The van der Waals surface area contributed by atoms with Crippen LogP contribution in [-0.2, 0) is 14.3 Å². The molecular weight excluding hydrogens is 278 g/mol. The van der Waals surface area contributed by atoms with Gasteiger partial charge in [0.2, 0.25) is 5.91 Å². The average Bonchev–Trinajstić information content (AvgIpc) is 2.87. The van der Waals surface area contributed by atoms with Crippen molar-refractivity contribution in [2.75, 3.05) is 26.3 Å². The Hall–Kier alpha value is -0.870. The van der Waals surface area contributed by atoms with Crippen LogP contribution < -0.4 is 0 Å². The lowest BCUT2D eigenvalue weighted by atomic mass is 9.95. The number of nitrogens with zero attached hydrogens (tertiary/aromatic N) is 1. The van der Waals surface area contributed by atoms with E-state index in [4.69, 9.17) is 9.47 Å². The number of carbonyl (C=O) groups is 1. The maximum Gasteiger partial charge on any atom is 0.226 e. The van der Waals surface area contributed by atoms with Gasteiger partial charge in [-0.25, -0.2) is 0 Å². The molecule has 0 aromatic rings. The van der Waals surface area contributed by atoms with Gasteiger partial charge in [0.05, 0.1) is 19.1 Å². The molecule has 0 aromatic heterocycles. The SMILES string of the molecule is CC(C)=C[C@@H]1[C@@H](C(=O)N2CCC(C3OCCO3)CC2)C1(C)C. The highest BCUT2D eigenvalue weighted by atomic mass is 16.7. The van der Waals surface area contributed by atoms with Crippen LogP contribution in [0.5, 0.6) is 0 Å². The van der Waals surface area contributed by atoms with Crippen molar-refractivity contribution < 1.29 is 14.3 Å². The zero-order valence-electron chi connectivity index (χ0n) is 14.3. The lowest BCUT2D eigenvalue weighted by Gasteiger charge is -2.34. The lowest BCUT2D eigenvalue weighted by Crippen LogP contribution is -2.42. The second-order valence-electron chi connectivity index (χ2n) is 7.84. The van der Waals surface area contributed by atoms with Crippen LogP contribution in [0.1, 0.15) is 40.5 Å². The summed E-state index contributed by atoms with van der Waals surface area (Å²) in [5, 5.41) is 0. The molecule has 0 N–H and O–H groups in total. The molecule has 3 fully saturated rings. The summed E-state index contributed by atoms with van der Waals surface area (Å²) in [6.07, 6.45) is 4.23. The molecule has 2 atom stereocenters. The van der Waals surface area contributed by atoms with Crippen molar-refractivity contribution in [3.8, 4) is 0 Å². The molecule has 1 saturated carbocycles. The van der Waals surface area contributed by atoms with Gasteiger partial charge in [-0.2, -0.15) is 0 Å². The highest BCUT2D eigenvalue weighted by molar-refractivity contribution is 5.84. The van der Waals surface area contributed by atoms with Gasteiger partial charge in [0, 0.05) is 19.0 Å². The summed E-state index contributed by atoms with van der Waals surface area (Å²) in [4.78, 5) is 14.9. The maximum atomic E-state index is 12.8. The van der Waals surface area contributed by atoms with E-state index in [1.807, 2.05) is 0 Å². The van der Waals surface area contributed by atoms with Gasteiger partial charge in [0.25, 0.3) is 0 Å². The molecule has 2 saturated heterocycles. The van der Waals surface area contributed by atoms with Crippen molar-refractivity contribution in [3.05, 3.63) is 11.6 Å². The highest BCUT2D eigenvalue weighted by Gasteiger charge is 2.61. The molecule has 2 aliphatic heterocycles. The topological polar surface area (TPSA) is 38.8 Å². The Balaban J connectivity index is 1.55. The minimum absolute atomic E-state index is 0.0342. The molecule has 1 amide bonds. The van der Waals surface area contributed by atoms with E-state index < -0.39 is 0 Å². The molecule has 124 valence electrons. The Morgan fingerprint density at radius 3 is 2.27 bits per heavy atom. The minimum Gasteiger partial charge on any atom is -0.350 e. The third kappa shape index (κ3) is 2.95. The van der Waals surface area contributed by atoms with Gasteiger partial charge in [-0.15, -0.1) is 0 Å². The van der Waals surface area contributed by atoms with E-state index in [-0.39, 0.29) is 17.6 Å². The Labute approximate surface area is 133 Å². The molecule has 3 rings (SSSR count). The molecule has 0 spiro atoms. The molecule has 3 aliphatic rings. The first-order valence-electron chi connectivity index (χ1n) is 8.58. The van der Waals surface area contributed by atoms with E-state index in [0.717, 1.165) is 25.9 Å². The van der Waals surface area contributed by atoms with Crippen LogP contribution in [0.2, 0.25) is 0 Å². The Bertz CT molecular complexity index is 453. The van der Waals surface area contributed by atoms with Gasteiger partial charge in [0.15, 0.2) is 6.29 Å². The van der Waals surface area contributed by atoms with Crippen LogP contribution in [-0.4, -0.2) is 43.4 Å². The summed E-state index contributed by atoms with van der Waals surface area (Å²) in [5.74, 6) is 1.37. The van der Waals surface area contributed by atoms with Gasteiger partial charge in [-0.1, -0.05) is 25.5 Å². The number of likely N-dealkylation sites (tertiary alicyclic amines) is 1. The normalized spacial score (nSPS) is 32.1. The smallest absolute Gasteiger partial charge is 0.226 e. The summed E-state index contributed by atoms with van der Waals surface area (Å²) in [7, 11) is 0. The van der Waals surface area contributed by atoms with Crippen molar-refractivity contribution in [3.63, 3.8) is 0 Å². The first kappa shape index (κ1) is 16.0. The number of hydrogen-bond acceptors (Lipinski definition) is 3. The zero-order chi connectivity index (χ0) is 15.9. The van der Waals surface area contributed by atoms with E-state index in [1.165, 1.54) is 5.57 Å². The number of rotatable bonds is 3. The minimum atomic E-state index is -0.0342. The highest BCUT2D eigenvalue weighted by Crippen LogP contribution is 2.60. The third-order valence-corrected chi connectivity index (χ3v) is 5.57. The van der Waals surface area contributed by atoms with Crippen LogP contribution in [0.25, 0.3) is 0 Å². The average molecular weight is 307 g/mol.